The first kappa shape index (κ1) is 18.8. The summed E-state index contributed by atoms with van der Waals surface area (Å²) < 4.78 is 0. The van der Waals surface area contributed by atoms with Gasteiger partial charge in [0.25, 0.3) is 0 Å². The molecule has 1 atom stereocenters. The molecule has 5 heteroatoms. The summed E-state index contributed by atoms with van der Waals surface area (Å²) in [4.78, 5) is 29.5. The van der Waals surface area contributed by atoms with Gasteiger partial charge in [-0.15, -0.1) is 0 Å². The molecule has 2 heterocycles. The van der Waals surface area contributed by atoms with Gasteiger partial charge in [-0.25, -0.2) is 0 Å². The van der Waals surface area contributed by atoms with Gasteiger partial charge >= 0.3 is 0 Å². The number of ketones is 2. The van der Waals surface area contributed by atoms with Crippen molar-refractivity contribution in [3.8, 4) is 0 Å². The van der Waals surface area contributed by atoms with Gasteiger partial charge in [-0.2, -0.15) is 0 Å². The smallest absolute Gasteiger partial charge is 0.177 e. The van der Waals surface area contributed by atoms with Gasteiger partial charge in [0.15, 0.2) is 11.6 Å². The molecule has 0 saturated heterocycles. The van der Waals surface area contributed by atoms with Crippen molar-refractivity contribution in [1.29, 1.82) is 0 Å². The van der Waals surface area contributed by atoms with Crippen molar-refractivity contribution in [2.75, 3.05) is 0 Å². The van der Waals surface area contributed by atoms with Crippen molar-refractivity contribution in [2.24, 2.45) is 5.92 Å². The lowest BCUT2D eigenvalue weighted by Crippen LogP contribution is -2.19. The van der Waals surface area contributed by atoms with Crippen LogP contribution >= 0.6 is 23.5 Å². The molecular formula is C21H19O3S2-. The maximum atomic E-state index is 12.7. The maximum Gasteiger partial charge on any atom is 0.177 e. The number of hydrogen-bond donors (Lipinski definition) is 0. The fourth-order valence-electron chi connectivity index (χ4n) is 3.15. The lowest BCUT2D eigenvalue weighted by atomic mass is 9.98. The average molecular weight is 384 g/mol. The summed E-state index contributed by atoms with van der Waals surface area (Å²) in [6.45, 7) is 7.90. The number of Topliss-reactive ketones (excluding diaryl/α,β-unsaturated/α-hetero) is 2. The third kappa shape index (κ3) is 3.89. The van der Waals surface area contributed by atoms with Crippen LogP contribution in [-0.2, 0) is 9.59 Å². The third-order valence-electron chi connectivity index (χ3n) is 4.09. The van der Waals surface area contributed by atoms with E-state index in [1.54, 1.807) is 35.7 Å². The SMILES string of the molecule is CC1=CC(=CC2=C([O-])C(=O)C(C=C3C=C(C)SC(C)=C3)C2=O)C=C(C)S1. The summed E-state index contributed by atoms with van der Waals surface area (Å²) in [6.07, 6.45) is 10.8. The van der Waals surface area contributed by atoms with Crippen LogP contribution in [-0.4, -0.2) is 11.6 Å². The van der Waals surface area contributed by atoms with Crippen LogP contribution in [0.3, 0.4) is 0 Å². The molecule has 2 aliphatic heterocycles. The molecular weight excluding hydrogens is 364 g/mol. The Hall–Kier alpha value is -1.98. The van der Waals surface area contributed by atoms with E-state index >= 15 is 0 Å². The minimum Gasteiger partial charge on any atom is -0.870 e. The number of carbonyl (C=O) groups excluding carboxylic acids is 2. The number of allylic oxidation sites excluding steroid dienone is 14. The Morgan fingerprint density at radius 1 is 0.808 bits per heavy atom. The molecule has 0 N–H and O–H groups in total. The van der Waals surface area contributed by atoms with E-state index in [9.17, 15) is 14.7 Å². The van der Waals surface area contributed by atoms with Crippen molar-refractivity contribution >= 4 is 35.1 Å². The quantitative estimate of drug-likeness (QED) is 0.664. The van der Waals surface area contributed by atoms with Crippen LogP contribution in [0, 0.1) is 5.92 Å². The highest BCUT2D eigenvalue weighted by molar-refractivity contribution is 8.06. The molecule has 3 rings (SSSR count). The second-order valence-corrected chi connectivity index (χ2v) is 9.47. The third-order valence-corrected chi connectivity index (χ3v) is 5.85. The monoisotopic (exact) mass is 383 g/mol. The van der Waals surface area contributed by atoms with Crippen molar-refractivity contribution in [2.45, 2.75) is 27.7 Å². The van der Waals surface area contributed by atoms with Gasteiger partial charge in [0.2, 0.25) is 0 Å². The van der Waals surface area contributed by atoms with E-state index in [0.29, 0.717) is 0 Å². The lowest BCUT2D eigenvalue weighted by molar-refractivity contribution is -0.298. The topological polar surface area (TPSA) is 57.2 Å². The van der Waals surface area contributed by atoms with E-state index in [0.717, 1.165) is 30.8 Å². The number of carbonyl (C=O) groups is 2. The normalized spacial score (nSPS) is 23.6. The van der Waals surface area contributed by atoms with Crippen molar-refractivity contribution in [3.63, 3.8) is 0 Å². The summed E-state index contributed by atoms with van der Waals surface area (Å²) in [6, 6.07) is 0. The van der Waals surface area contributed by atoms with Gasteiger partial charge in [0, 0.05) is 5.57 Å². The standard InChI is InChI=1S/C21H20O3S2/c1-11-5-15(6-12(2)25-11)9-17-19(22)18(21(24)20(17)23)10-16-7-13(3)26-14(4)8-16/h5-10,17,24H,1-4H3/p-1. The zero-order valence-corrected chi connectivity index (χ0v) is 16.7. The number of rotatable bonds is 2. The number of thioether (sulfide) groups is 2. The Balaban J connectivity index is 1.94. The van der Waals surface area contributed by atoms with Gasteiger partial charge in [-0.3, -0.25) is 9.59 Å². The molecule has 0 fully saturated rings. The Morgan fingerprint density at radius 3 is 1.77 bits per heavy atom. The van der Waals surface area contributed by atoms with E-state index < -0.39 is 23.2 Å². The molecule has 0 radical (unpaired) electrons. The van der Waals surface area contributed by atoms with Gasteiger partial charge in [-0.05, 0) is 88.8 Å². The highest BCUT2D eigenvalue weighted by atomic mass is 32.2. The zero-order valence-electron chi connectivity index (χ0n) is 15.1. The largest absolute Gasteiger partial charge is 0.870 e. The van der Waals surface area contributed by atoms with Crippen LogP contribution in [0.25, 0.3) is 0 Å². The van der Waals surface area contributed by atoms with Gasteiger partial charge < -0.3 is 5.11 Å². The van der Waals surface area contributed by atoms with Crippen molar-refractivity contribution in [1.82, 2.24) is 0 Å². The molecule has 0 spiro atoms. The van der Waals surface area contributed by atoms with E-state index in [2.05, 4.69) is 0 Å². The molecule has 0 saturated carbocycles. The van der Waals surface area contributed by atoms with E-state index in [-0.39, 0.29) is 5.57 Å². The van der Waals surface area contributed by atoms with Crippen LogP contribution in [0.2, 0.25) is 0 Å². The molecule has 0 bridgehead atoms. The fraction of sp³-hybridized carbons (Fsp3) is 0.238. The Kier molecular flexibility index (Phi) is 5.30. The van der Waals surface area contributed by atoms with E-state index in [1.807, 2.05) is 52.0 Å². The average Bonchev–Trinajstić information content (AvgIpc) is 2.71. The molecule has 0 aromatic heterocycles. The maximum absolute atomic E-state index is 12.7. The van der Waals surface area contributed by atoms with Gasteiger partial charge in [-0.1, -0.05) is 35.4 Å². The molecule has 0 aromatic rings. The predicted molar refractivity (Wildman–Crippen MR) is 107 cm³/mol. The molecule has 134 valence electrons. The van der Waals surface area contributed by atoms with E-state index in [1.165, 1.54) is 0 Å². The van der Waals surface area contributed by atoms with E-state index in [4.69, 9.17) is 0 Å². The molecule has 26 heavy (non-hydrogen) atoms. The molecule has 0 amide bonds. The summed E-state index contributed by atoms with van der Waals surface area (Å²) in [7, 11) is 0. The molecule has 1 aliphatic carbocycles. The highest BCUT2D eigenvalue weighted by Crippen LogP contribution is 2.35. The highest BCUT2D eigenvalue weighted by Gasteiger charge is 2.34. The molecule has 0 aromatic carbocycles. The summed E-state index contributed by atoms with van der Waals surface area (Å²) in [5, 5.41) is 12.4. The predicted octanol–water partition coefficient (Wildman–Crippen LogP) is 4.33. The summed E-state index contributed by atoms with van der Waals surface area (Å²) in [5.41, 5.74) is 1.56. The Bertz CT molecular complexity index is 881. The second kappa shape index (κ2) is 7.33. The molecule has 1 unspecified atom stereocenters. The van der Waals surface area contributed by atoms with Crippen molar-refractivity contribution < 1.29 is 14.7 Å². The van der Waals surface area contributed by atoms with Crippen molar-refractivity contribution in [3.05, 3.63) is 78.6 Å². The fourth-order valence-corrected chi connectivity index (χ4v) is 4.94. The van der Waals surface area contributed by atoms with Crippen LogP contribution in [0.15, 0.2) is 78.6 Å². The Labute approximate surface area is 162 Å². The first-order valence-electron chi connectivity index (χ1n) is 8.26. The summed E-state index contributed by atoms with van der Waals surface area (Å²) >= 11 is 3.28. The van der Waals surface area contributed by atoms with Gasteiger partial charge in [0.05, 0.1) is 0 Å². The minimum absolute atomic E-state index is 0.0153. The molecule has 3 nitrogen and oxygen atoms in total. The van der Waals surface area contributed by atoms with Gasteiger partial charge in [0.1, 0.15) is 5.92 Å². The lowest BCUT2D eigenvalue weighted by Gasteiger charge is -2.12. The van der Waals surface area contributed by atoms with Crippen LogP contribution in [0.1, 0.15) is 27.7 Å². The first-order chi connectivity index (χ1) is 12.2. The second-order valence-electron chi connectivity index (χ2n) is 6.48. The first-order valence-corrected chi connectivity index (χ1v) is 9.90. The van der Waals surface area contributed by atoms with Crippen LogP contribution < -0.4 is 5.11 Å². The van der Waals surface area contributed by atoms with Crippen LogP contribution in [0.5, 0.6) is 0 Å². The summed E-state index contributed by atoms with van der Waals surface area (Å²) in [5.74, 6) is -2.76. The number of hydrogen-bond acceptors (Lipinski definition) is 5. The minimum atomic E-state index is -1.02. The van der Waals surface area contributed by atoms with Crippen LogP contribution in [0.4, 0.5) is 0 Å². The molecule has 3 aliphatic rings. The zero-order chi connectivity index (χ0) is 19.0. The Morgan fingerprint density at radius 2 is 1.27 bits per heavy atom.